The summed E-state index contributed by atoms with van der Waals surface area (Å²) in [6.07, 6.45) is 2.68. The first kappa shape index (κ1) is 42.8. The Hall–Kier alpha value is -4.78. The van der Waals surface area contributed by atoms with E-state index in [9.17, 15) is 14.7 Å². The number of ether oxygens (including phenoxy) is 2. The summed E-state index contributed by atoms with van der Waals surface area (Å²) in [5, 5.41) is 11.0. The SMILES string of the molecule is C=CCCC(=O)N(C)[C@H](C)[C@H](OC(=O)[C@@H]1[C@H]2O[C@@]3(CC2Br)[C@H](C(=O)N(CC=C)c2ccc(N(CC)CC)cc2)N([C@H](CO)c2ccccc2)C(=O)[C@@H]13)c1ccccc1. The van der Waals surface area contributed by atoms with Gasteiger partial charge in [-0.2, -0.15) is 0 Å². The lowest BCUT2D eigenvalue weighted by Crippen LogP contribution is -2.57. The molecule has 1 spiro atoms. The third kappa shape index (κ3) is 7.86. The van der Waals surface area contributed by atoms with Crippen LogP contribution in [0.15, 0.2) is 110 Å². The monoisotopic (exact) mass is 854 g/mol. The van der Waals surface area contributed by atoms with E-state index in [1.165, 1.54) is 4.90 Å². The third-order valence-corrected chi connectivity index (χ3v) is 13.0. The summed E-state index contributed by atoms with van der Waals surface area (Å²) in [5.41, 5.74) is 1.50. The summed E-state index contributed by atoms with van der Waals surface area (Å²) >= 11 is 3.79. The molecule has 3 amide bonds. The van der Waals surface area contributed by atoms with Crippen LogP contribution in [0.1, 0.15) is 63.3 Å². The van der Waals surface area contributed by atoms with Crippen LogP contribution in [0.5, 0.6) is 0 Å². The van der Waals surface area contributed by atoms with Crippen molar-refractivity contribution in [2.75, 3.05) is 43.1 Å². The Morgan fingerprint density at radius 3 is 2.14 bits per heavy atom. The van der Waals surface area contributed by atoms with Crippen molar-refractivity contribution in [3.05, 3.63) is 121 Å². The van der Waals surface area contributed by atoms with Crippen LogP contribution in [0.3, 0.4) is 0 Å². The van der Waals surface area contributed by atoms with E-state index in [-0.39, 0.29) is 25.3 Å². The number of allylic oxidation sites excluding steroid dienone is 1. The van der Waals surface area contributed by atoms with Crippen molar-refractivity contribution < 1.29 is 33.8 Å². The van der Waals surface area contributed by atoms with Gasteiger partial charge in [-0.15, -0.1) is 13.2 Å². The summed E-state index contributed by atoms with van der Waals surface area (Å²) in [4.78, 5) is 65.1. The third-order valence-electron chi connectivity index (χ3n) is 12.2. The van der Waals surface area contributed by atoms with E-state index in [0.29, 0.717) is 23.2 Å². The minimum absolute atomic E-state index is 0.127. The number of anilines is 2. The number of carbonyl (C=O) groups is 4. The number of carbonyl (C=O) groups excluding carboxylic acids is 4. The Morgan fingerprint density at radius 1 is 0.966 bits per heavy atom. The van der Waals surface area contributed by atoms with E-state index < -0.39 is 77.0 Å². The number of hydrogen-bond donors (Lipinski definition) is 1. The van der Waals surface area contributed by atoms with Gasteiger partial charge in [-0.25, -0.2) is 0 Å². The van der Waals surface area contributed by atoms with Crippen LogP contribution in [0, 0.1) is 11.8 Å². The van der Waals surface area contributed by atoms with E-state index in [1.807, 2.05) is 91.9 Å². The lowest BCUT2D eigenvalue weighted by Gasteiger charge is -2.39. The molecule has 0 aliphatic carbocycles. The molecule has 0 aromatic heterocycles. The molecule has 308 valence electrons. The first-order valence-corrected chi connectivity index (χ1v) is 21.1. The molecule has 3 saturated heterocycles. The van der Waals surface area contributed by atoms with E-state index in [0.717, 1.165) is 18.8 Å². The average molecular weight is 856 g/mol. The molecule has 3 aromatic rings. The number of benzene rings is 3. The maximum atomic E-state index is 15.4. The van der Waals surface area contributed by atoms with Gasteiger partial charge in [0.05, 0.1) is 36.6 Å². The molecule has 3 aliphatic rings. The summed E-state index contributed by atoms with van der Waals surface area (Å²) in [6.45, 7) is 15.0. The largest absolute Gasteiger partial charge is 0.455 e. The number of nitrogens with zero attached hydrogens (tertiary/aromatic N) is 4. The van der Waals surface area contributed by atoms with Gasteiger partial charge in [-0.05, 0) is 69.0 Å². The average Bonchev–Trinajstić information content (AvgIpc) is 3.85. The Labute approximate surface area is 350 Å². The molecule has 58 heavy (non-hydrogen) atoms. The smallest absolute Gasteiger partial charge is 0.313 e. The van der Waals surface area contributed by atoms with E-state index >= 15 is 9.59 Å². The zero-order chi connectivity index (χ0) is 41.7. The number of esters is 1. The molecule has 6 rings (SSSR count). The van der Waals surface area contributed by atoms with Gasteiger partial charge in [-0.3, -0.25) is 19.2 Å². The Kier molecular flexibility index (Phi) is 13.6. The van der Waals surface area contributed by atoms with Gasteiger partial charge in [0.25, 0.3) is 5.91 Å². The lowest BCUT2D eigenvalue weighted by molar-refractivity contribution is -0.165. The number of rotatable bonds is 18. The molecular formula is C46H55BrN4O7. The van der Waals surface area contributed by atoms with Gasteiger partial charge in [-0.1, -0.05) is 88.7 Å². The van der Waals surface area contributed by atoms with Gasteiger partial charge in [0.15, 0.2) is 0 Å². The number of fused-ring (bicyclic) bond motifs is 1. The van der Waals surface area contributed by atoms with Crippen molar-refractivity contribution in [2.24, 2.45) is 11.8 Å². The summed E-state index contributed by atoms with van der Waals surface area (Å²) in [7, 11) is 1.68. The first-order chi connectivity index (χ1) is 28.0. The highest BCUT2D eigenvalue weighted by molar-refractivity contribution is 9.09. The molecule has 3 aliphatic heterocycles. The quantitative estimate of drug-likeness (QED) is 0.0861. The summed E-state index contributed by atoms with van der Waals surface area (Å²) < 4.78 is 13.3. The molecule has 1 N–H and O–H groups in total. The van der Waals surface area contributed by atoms with Crippen LogP contribution in [0.25, 0.3) is 0 Å². The topological polar surface area (TPSA) is 120 Å². The second-order valence-corrected chi connectivity index (χ2v) is 16.5. The van der Waals surface area contributed by atoms with Crippen LogP contribution in [-0.4, -0.2) is 101 Å². The molecule has 12 heteroatoms. The highest BCUT2D eigenvalue weighted by atomic mass is 79.9. The van der Waals surface area contributed by atoms with Crippen molar-refractivity contribution in [2.45, 2.75) is 80.8 Å². The maximum Gasteiger partial charge on any atom is 0.313 e. The molecule has 11 nitrogen and oxygen atoms in total. The normalized spacial score (nSPS) is 24.7. The fourth-order valence-electron chi connectivity index (χ4n) is 9.14. The van der Waals surface area contributed by atoms with E-state index in [4.69, 9.17) is 9.47 Å². The van der Waals surface area contributed by atoms with E-state index in [2.05, 4.69) is 47.8 Å². The van der Waals surface area contributed by atoms with Crippen molar-refractivity contribution in [3.63, 3.8) is 0 Å². The molecule has 9 atom stereocenters. The predicted molar refractivity (Wildman–Crippen MR) is 228 cm³/mol. The van der Waals surface area contributed by atoms with Gasteiger partial charge in [0.1, 0.15) is 17.7 Å². The Balaban J connectivity index is 1.42. The number of likely N-dealkylation sites (N-methyl/N-ethyl adjacent to an activating group) is 1. The number of halogens is 1. The number of likely N-dealkylation sites (tertiary alicyclic amines) is 1. The number of hydrogen-bond acceptors (Lipinski definition) is 8. The van der Waals surface area contributed by atoms with Crippen molar-refractivity contribution in [1.29, 1.82) is 0 Å². The minimum atomic E-state index is -1.44. The van der Waals surface area contributed by atoms with Crippen molar-refractivity contribution in [3.8, 4) is 0 Å². The van der Waals surface area contributed by atoms with Crippen LogP contribution >= 0.6 is 15.9 Å². The van der Waals surface area contributed by atoms with Crippen LogP contribution in [0.4, 0.5) is 11.4 Å². The zero-order valence-electron chi connectivity index (χ0n) is 33.8. The van der Waals surface area contributed by atoms with E-state index in [1.54, 1.807) is 29.0 Å². The molecule has 0 radical (unpaired) electrons. The fourth-order valence-corrected chi connectivity index (χ4v) is 10.1. The van der Waals surface area contributed by atoms with Crippen molar-refractivity contribution in [1.82, 2.24) is 9.80 Å². The highest BCUT2D eigenvalue weighted by Gasteiger charge is 2.78. The molecule has 3 aromatic carbocycles. The molecule has 1 unspecified atom stereocenters. The highest BCUT2D eigenvalue weighted by Crippen LogP contribution is 2.62. The molecule has 2 bridgehead atoms. The molecule has 3 heterocycles. The number of aliphatic hydroxyl groups is 1. The Morgan fingerprint density at radius 2 is 1.57 bits per heavy atom. The molecule has 3 fully saturated rings. The Bertz CT molecular complexity index is 1940. The number of amides is 3. The standard InChI is InChI=1S/C46H55BrN4O7/c1-7-11-22-37(53)48(6)30(5)40(32-20-16-13-17-21-32)57-45(56)38-39-43(54)51(36(29-52)31-18-14-12-15-19-31)42(46(39)28-35(47)41(38)58-46)44(55)50(27-8-2)34-25-23-33(24-26-34)49(9-3)10-4/h7-8,12-21,23-26,30,35-36,38-42,52H,1-2,9-11,22,27-29H2,3-6H3/t30-,35?,36-,38+,39-,40+,41+,42+,46-/m1/s1. The molecular weight excluding hydrogens is 800 g/mol. The van der Waals surface area contributed by atoms with Gasteiger partial charge >= 0.3 is 5.97 Å². The second kappa shape index (κ2) is 18.4. The number of aliphatic hydroxyl groups excluding tert-OH is 1. The van der Waals surface area contributed by atoms with Gasteiger partial charge < -0.3 is 34.2 Å². The number of alkyl halides is 1. The zero-order valence-corrected chi connectivity index (χ0v) is 35.4. The maximum absolute atomic E-state index is 15.4. The summed E-state index contributed by atoms with van der Waals surface area (Å²) in [6, 6.07) is 23.3. The van der Waals surface area contributed by atoms with Crippen molar-refractivity contribution >= 4 is 51.0 Å². The van der Waals surface area contributed by atoms with Gasteiger partial charge in [0.2, 0.25) is 11.8 Å². The second-order valence-electron chi connectivity index (χ2n) is 15.3. The van der Waals surface area contributed by atoms with Gasteiger partial charge in [0, 0.05) is 49.3 Å². The predicted octanol–water partition coefficient (Wildman–Crippen LogP) is 6.63. The van der Waals surface area contributed by atoms with Crippen LogP contribution in [-0.2, 0) is 28.7 Å². The summed E-state index contributed by atoms with van der Waals surface area (Å²) in [5.74, 6) is -3.86. The fraction of sp³-hybridized carbons (Fsp3) is 0.435. The first-order valence-electron chi connectivity index (χ1n) is 20.2. The molecule has 0 saturated carbocycles. The minimum Gasteiger partial charge on any atom is -0.455 e. The van der Waals surface area contributed by atoms with Crippen LogP contribution in [0.2, 0.25) is 0 Å². The lowest BCUT2D eigenvalue weighted by atomic mass is 9.70. The van der Waals surface area contributed by atoms with Crippen LogP contribution < -0.4 is 9.80 Å².